The molecule has 1 aromatic carbocycles. The lowest BCUT2D eigenvalue weighted by atomic mass is 10.1. The lowest BCUT2D eigenvalue weighted by Gasteiger charge is -2.13. The maximum atomic E-state index is 11.9. The zero-order chi connectivity index (χ0) is 15.4. The summed E-state index contributed by atoms with van der Waals surface area (Å²) in [5.74, 6) is 0.517. The van der Waals surface area contributed by atoms with Crippen molar-refractivity contribution in [2.75, 3.05) is 31.4 Å². The molecule has 0 saturated carbocycles. The third-order valence-electron chi connectivity index (χ3n) is 3.47. The summed E-state index contributed by atoms with van der Waals surface area (Å²) in [7, 11) is 3.12. The Kier molecular flexibility index (Phi) is 4.93. The number of aliphatic imine (C=N–C) groups is 1. The van der Waals surface area contributed by atoms with Crippen LogP contribution in [0.15, 0.2) is 17.1 Å². The number of fused-ring (bicyclic) bond motifs is 1. The summed E-state index contributed by atoms with van der Waals surface area (Å²) < 4.78 is 10.2. The first-order valence-electron chi connectivity index (χ1n) is 6.80. The Balaban J connectivity index is 2.24. The third-order valence-corrected chi connectivity index (χ3v) is 3.47. The van der Waals surface area contributed by atoms with Crippen molar-refractivity contribution in [1.82, 2.24) is 0 Å². The molecule has 1 amide bonds. The van der Waals surface area contributed by atoms with Crippen LogP contribution in [0.3, 0.4) is 0 Å². The van der Waals surface area contributed by atoms with Crippen LogP contribution >= 0.6 is 0 Å². The Hall–Kier alpha value is -1.92. The van der Waals surface area contributed by atoms with E-state index in [0.717, 1.165) is 22.5 Å². The van der Waals surface area contributed by atoms with E-state index in [4.69, 9.17) is 9.47 Å². The van der Waals surface area contributed by atoms with E-state index in [1.807, 2.05) is 26.0 Å². The van der Waals surface area contributed by atoms with Crippen molar-refractivity contribution in [3.63, 3.8) is 0 Å². The Labute approximate surface area is 124 Å². The molecule has 114 valence electrons. The van der Waals surface area contributed by atoms with Crippen LogP contribution < -0.4 is 10.6 Å². The highest BCUT2D eigenvalue weighted by molar-refractivity contribution is 6.15. The maximum absolute atomic E-state index is 11.9. The monoisotopic (exact) mass is 291 g/mol. The Bertz CT molecular complexity index is 566. The summed E-state index contributed by atoms with van der Waals surface area (Å²) in [6.45, 7) is 4.39. The minimum absolute atomic E-state index is 0.0883. The normalized spacial score (nSPS) is 16.4. The van der Waals surface area contributed by atoms with Crippen LogP contribution in [0.25, 0.3) is 0 Å². The largest absolute Gasteiger partial charge is 0.354 e. The Morgan fingerprint density at radius 1 is 1.14 bits per heavy atom. The topological polar surface area (TPSA) is 72.0 Å². The highest BCUT2D eigenvalue weighted by Crippen LogP contribution is 2.28. The van der Waals surface area contributed by atoms with Crippen LogP contribution in [0, 0.1) is 13.8 Å². The van der Waals surface area contributed by atoms with Crippen LogP contribution in [-0.2, 0) is 14.3 Å². The number of ether oxygens (including phenoxy) is 2. The molecule has 1 aliphatic rings. The van der Waals surface area contributed by atoms with Crippen molar-refractivity contribution in [3.05, 3.63) is 23.3 Å². The number of methoxy groups -OCH3 is 2. The van der Waals surface area contributed by atoms with Crippen molar-refractivity contribution in [2.45, 2.75) is 26.6 Å². The first kappa shape index (κ1) is 15.5. The number of nitrogens with one attached hydrogen (secondary N) is 2. The molecule has 0 atom stereocenters. The van der Waals surface area contributed by atoms with Gasteiger partial charge in [0.25, 0.3) is 0 Å². The zero-order valence-electron chi connectivity index (χ0n) is 12.8. The Morgan fingerprint density at radius 3 is 2.29 bits per heavy atom. The molecule has 0 aromatic heterocycles. The van der Waals surface area contributed by atoms with Crippen LogP contribution in [0.1, 0.15) is 17.5 Å². The predicted octanol–water partition coefficient (Wildman–Crippen LogP) is 2.07. The summed E-state index contributed by atoms with van der Waals surface area (Å²) in [6, 6.07) is 3.97. The number of amidine groups is 1. The molecule has 1 aromatic rings. The zero-order valence-corrected chi connectivity index (χ0v) is 12.8. The van der Waals surface area contributed by atoms with E-state index in [-0.39, 0.29) is 12.3 Å². The second-order valence-electron chi connectivity index (χ2n) is 5.02. The number of carbonyl (C=O) groups excluding carboxylic acids is 1. The molecule has 2 rings (SSSR count). The lowest BCUT2D eigenvalue weighted by Crippen LogP contribution is -2.22. The SMILES string of the molecule is COC(CN=C1CC(=O)Nc2cc(C)c(C)cc2N1)OC. The molecule has 0 aliphatic carbocycles. The van der Waals surface area contributed by atoms with Crippen LogP contribution in [-0.4, -0.2) is 38.8 Å². The van der Waals surface area contributed by atoms with E-state index in [1.165, 1.54) is 0 Å². The Morgan fingerprint density at radius 2 is 1.71 bits per heavy atom. The molecule has 0 radical (unpaired) electrons. The van der Waals surface area contributed by atoms with Gasteiger partial charge in [-0.1, -0.05) is 0 Å². The first-order valence-corrected chi connectivity index (χ1v) is 6.80. The highest BCUT2D eigenvalue weighted by atomic mass is 16.7. The van der Waals surface area contributed by atoms with E-state index in [1.54, 1.807) is 14.2 Å². The van der Waals surface area contributed by atoms with Gasteiger partial charge < -0.3 is 20.1 Å². The fourth-order valence-corrected chi connectivity index (χ4v) is 2.09. The molecular weight excluding hydrogens is 270 g/mol. The van der Waals surface area contributed by atoms with Crippen LogP contribution in [0.2, 0.25) is 0 Å². The number of carbonyl (C=O) groups is 1. The van der Waals surface area contributed by atoms with Gasteiger partial charge in [-0.2, -0.15) is 0 Å². The van der Waals surface area contributed by atoms with Crippen molar-refractivity contribution in [1.29, 1.82) is 0 Å². The van der Waals surface area contributed by atoms with Gasteiger partial charge in [0.05, 0.1) is 24.3 Å². The molecule has 0 unspecified atom stereocenters. The van der Waals surface area contributed by atoms with Crippen molar-refractivity contribution in [3.8, 4) is 0 Å². The molecule has 1 heterocycles. The molecular formula is C15H21N3O3. The molecule has 0 fully saturated rings. The quantitative estimate of drug-likeness (QED) is 0.833. The highest BCUT2D eigenvalue weighted by Gasteiger charge is 2.18. The number of benzene rings is 1. The van der Waals surface area contributed by atoms with Gasteiger partial charge in [-0.3, -0.25) is 9.79 Å². The van der Waals surface area contributed by atoms with Gasteiger partial charge in [-0.15, -0.1) is 0 Å². The number of hydrogen-bond acceptors (Lipinski definition) is 4. The molecule has 6 nitrogen and oxygen atoms in total. The average Bonchev–Trinajstić information content (AvgIpc) is 2.59. The van der Waals surface area contributed by atoms with E-state index in [0.29, 0.717) is 12.4 Å². The van der Waals surface area contributed by atoms with E-state index in [2.05, 4.69) is 15.6 Å². The summed E-state index contributed by atoms with van der Waals surface area (Å²) in [6.07, 6.45) is -0.211. The van der Waals surface area contributed by atoms with E-state index in [9.17, 15) is 4.79 Å². The van der Waals surface area contributed by atoms with Gasteiger partial charge in [-0.25, -0.2) is 0 Å². The van der Waals surface area contributed by atoms with Gasteiger partial charge >= 0.3 is 0 Å². The maximum Gasteiger partial charge on any atom is 0.232 e. The minimum atomic E-state index is -0.412. The minimum Gasteiger partial charge on any atom is -0.354 e. The summed E-state index contributed by atoms with van der Waals surface area (Å²) in [4.78, 5) is 16.3. The standard InChI is InChI=1S/C15H21N3O3/c1-9-5-11-12(6-10(9)2)18-14(19)7-13(17-11)16-8-15(20-3)21-4/h5-6,15H,7-8H2,1-4H3,(H,16,17)(H,18,19). The number of hydrogen-bond donors (Lipinski definition) is 2. The third kappa shape index (κ3) is 3.80. The summed E-state index contributed by atoms with van der Waals surface area (Å²) >= 11 is 0. The summed E-state index contributed by atoms with van der Waals surface area (Å²) in [5, 5.41) is 6.11. The first-order chi connectivity index (χ1) is 10.0. The van der Waals surface area contributed by atoms with Gasteiger partial charge in [0.15, 0.2) is 6.29 Å². The van der Waals surface area contributed by atoms with Gasteiger partial charge in [0.1, 0.15) is 5.84 Å². The van der Waals surface area contributed by atoms with E-state index < -0.39 is 6.29 Å². The fraction of sp³-hybridized carbons (Fsp3) is 0.467. The molecule has 1 aliphatic heterocycles. The van der Waals surface area contributed by atoms with Gasteiger partial charge in [-0.05, 0) is 37.1 Å². The molecule has 21 heavy (non-hydrogen) atoms. The average molecular weight is 291 g/mol. The number of rotatable bonds is 4. The molecule has 2 N–H and O–H groups in total. The predicted molar refractivity (Wildman–Crippen MR) is 82.9 cm³/mol. The van der Waals surface area contributed by atoms with Crippen molar-refractivity contribution in [2.24, 2.45) is 4.99 Å². The van der Waals surface area contributed by atoms with Crippen molar-refractivity contribution >= 4 is 23.1 Å². The smallest absolute Gasteiger partial charge is 0.232 e. The van der Waals surface area contributed by atoms with Gasteiger partial charge in [0, 0.05) is 14.2 Å². The van der Waals surface area contributed by atoms with Gasteiger partial charge in [0.2, 0.25) is 5.91 Å². The van der Waals surface area contributed by atoms with E-state index >= 15 is 0 Å². The molecule has 0 spiro atoms. The summed E-state index contributed by atoms with van der Waals surface area (Å²) in [5.41, 5.74) is 3.93. The number of aryl methyl sites for hydroxylation is 2. The number of amides is 1. The second-order valence-corrected chi connectivity index (χ2v) is 5.02. The van der Waals surface area contributed by atoms with Crippen LogP contribution in [0.4, 0.5) is 11.4 Å². The number of anilines is 2. The molecule has 6 heteroatoms. The van der Waals surface area contributed by atoms with Crippen molar-refractivity contribution < 1.29 is 14.3 Å². The van der Waals surface area contributed by atoms with Crippen LogP contribution in [0.5, 0.6) is 0 Å². The fourth-order valence-electron chi connectivity index (χ4n) is 2.09. The number of nitrogens with zero attached hydrogens (tertiary/aromatic N) is 1. The molecule has 0 saturated heterocycles. The lowest BCUT2D eigenvalue weighted by molar-refractivity contribution is -0.115. The molecule has 0 bridgehead atoms. The second kappa shape index (κ2) is 6.69.